The van der Waals surface area contributed by atoms with E-state index in [9.17, 15) is 0 Å². The number of guanidine groups is 1. The summed E-state index contributed by atoms with van der Waals surface area (Å²) in [7, 11) is 1.63. The summed E-state index contributed by atoms with van der Waals surface area (Å²) in [5, 5.41) is 12.4. The lowest BCUT2D eigenvalue weighted by Gasteiger charge is -2.26. The van der Waals surface area contributed by atoms with E-state index in [1.54, 1.807) is 7.11 Å². The number of nitrogens with one attached hydrogen (secondary N) is 1. The topological polar surface area (TPSA) is 66.3 Å². The first-order chi connectivity index (χ1) is 13.2. The van der Waals surface area contributed by atoms with Crippen molar-refractivity contribution in [3.63, 3.8) is 0 Å². The van der Waals surface area contributed by atoms with Crippen LogP contribution in [0.1, 0.15) is 44.6 Å². The van der Waals surface area contributed by atoms with Gasteiger partial charge in [-0.1, -0.05) is 18.9 Å². The SMILES string of the molecule is CCNC(=NCc1ccc(OCCO)c(OC)c1)N1CCC2(CCCC2)C1.I. The zero-order valence-corrected chi connectivity index (χ0v) is 19.4. The lowest BCUT2D eigenvalue weighted by atomic mass is 9.86. The zero-order valence-electron chi connectivity index (χ0n) is 17.1. The average molecular weight is 503 g/mol. The molecule has 158 valence electrons. The zero-order chi connectivity index (χ0) is 19.1. The molecule has 1 aliphatic heterocycles. The predicted molar refractivity (Wildman–Crippen MR) is 123 cm³/mol. The van der Waals surface area contributed by atoms with Gasteiger partial charge in [0, 0.05) is 19.6 Å². The highest BCUT2D eigenvalue weighted by atomic mass is 127. The fourth-order valence-electron chi connectivity index (χ4n) is 4.33. The van der Waals surface area contributed by atoms with Gasteiger partial charge >= 0.3 is 0 Å². The Bertz CT molecular complexity index is 648. The van der Waals surface area contributed by atoms with Crippen LogP contribution in [-0.2, 0) is 6.54 Å². The standard InChI is InChI=1S/C21H33N3O3.HI/c1-3-22-20(24-11-10-21(16-24)8-4-5-9-21)23-15-17-6-7-18(27-13-12-25)19(14-17)26-2;/h6-7,14,25H,3-5,8-13,15-16H2,1-2H3,(H,22,23);1H. The Balaban J connectivity index is 0.00000280. The number of aliphatic imine (C=N–C) groups is 1. The highest BCUT2D eigenvalue weighted by molar-refractivity contribution is 14.0. The number of rotatable bonds is 7. The van der Waals surface area contributed by atoms with Gasteiger partial charge in [-0.05, 0) is 49.3 Å². The van der Waals surface area contributed by atoms with Gasteiger partial charge in [-0.15, -0.1) is 24.0 Å². The Morgan fingerprint density at radius 3 is 2.71 bits per heavy atom. The van der Waals surface area contributed by atoms with Gasteiger partial charge in [0.2, 0.25) is 0 Å². The second-order valence-corrected chi connectivity index (χ2v) is 7.61. The third-order valence-corrected chi connectivity index (χ3v) is 5.73. The number of hydrogen-bond donors (Lipinski definition) is 2. The summed E-state index contributed by atoms with van der Waals surface area (Å²) in [6, 6.07) is 5.85. The van der Waals surface area contributed by atoms with Crippen molar-refractivity contribution in [3.8, 4) is 11.5 Å². The summed E-state index contributed by atoms with van der Waals surface area (Å²) in [5.74, 6) is 2.34. The van der Waals surface area contributed by atoms with E-state index in [2.05, 4.69) is 17.1 Å². The van der Waals surface area contributed by atoms with E-state index in [0.717, 1.165) is 31.2 Å². The highest BCUT2D eigenvalue weighted by Crippen LogP contribution is 2.45. The van der Waals surface area contributed by atoms with Crippen LogP contribution in [-0.4, -0.2) is 55.9 Å². The van der Waals surface area contributed by atoms with Gasteiger partial charge in [-0.2, -0.15) is 0 Å². The molecule has 1 aromatic carbocycles. The largest absolute Gasteiger partial charge is 0.493 e. The molecule has 1 saturated carbocycles. The molecular weight excluding hydrogens is 469 g/mol. The summed E-state index contributed by atoms with van der Waals surface area (Å²) in [6.45, 7) is 6.07. The molecule has 3 rings (SSSR count). The molecule has 28 heavy (non-hydrogen) atoms. The number of hydrogen-bond acceptors (Lipinski definition) is 4. The van der Waals surface area contributed by atoms with Crippen molar-refractivity contribution < 1.29 is 14.6 Å². The van der Waals surface area contributed by atoms with Crippen molar-refractivity contribution in [2.75, 3.05) is 40.0 Å². The Kier molecular flexibility index (Phi) is 9.14. The van der Waals surface area contributed by atoms with Crippen molar-refractivity contribution in [3.05, 3.63) is 23.8 Å². The predicted octanol–water partition coefficient (Wildman–Crippen LogP) is 3.42. The van der Waals surface area contributed by atoms with Crippen LogP contribution in [0.5, 0.6) is 11.5 Å². The molecule has 0 atom stereocenters. The summed E-state index contributed by atoms with van der Waals surface area (Å²) in [4.78, 5) is 7.32. The minimum atomic E-state index is -0.0153. The van der Waals surface area contributed by atoms with Gasteiger partial charge in [0.25, 0.3) is 0 Å². The van der Waals surface area contributed by atoms with Gasteiger partial charge < -0.3 is 24.8 Å². The number of likely N-dealkylation sites (tertiary alicyclic amines) is 1. The summed E-state index contributed by atoms with van der Waals surface area (Å²) in [6.07, 6.45) is 6.80. The Labute approximate surface area is 185 Å². The Morgan fingerprint density at radius 1 is 1.25 bits per heavy atom. The number of methoxy groups -OCH3 is 1. The van der Waals surface area contributed by atoms with Crippen LogP contribution in [0.4, 0.5) is 0 Å². The molecule has 2 fully saturated rings. The summed E-state index contributed by atoms with van der Waals surface area (Å²) >= 11 is 0. The first kappa shape index (κ1) is 23.1. The maximum absolute atomic E-state index is 8.93. The minimum Gasteiger partial charge on any atom is -0.493 e. The molecule has 0 radical (unpaired) electrons. The molecule has 0 aromatic heterocycles. The maximum atomic E-state index is 8.93. The van der Waals surface area contributed by atoms with Crippen LogP contribution in [0.25, 0.3) is 0 Å². The molecule has 1 aliphatic carbocycles. The van der Waals surface area contributed by atoms with Crippen molar-refractivity contribution >= 4 is 29.9 Å². The molecule has 1 heterocycles. The van der Waals surface area contributed by atoms with Gasteiger partial charge in [-0.25, -0.2) is 4.99 Å². The molecule has 0 bridgehead atoms. The van der Waals surface area contributed by atoms with E-state index < -0.39 is 0 Å². The Morgan fingerprint density at radius 2 is 2.04 bits per heavy atom. The lowest BCUT2D eigenvalue weighted by Crippen LogP contribution is -2.41. The molecule has 2 aliphatic rings. The number of nitrogens with zero attached hydrogens (tertiary/aromatic N) is 2. The minimum absolute atomic E-state index is 0. The van der Waals surface area contributed by atoms with Gasteiger partial charge in [0.1, 0.15) is 6.61 Å². The van der Waals surface area contributed by atoms with Crippen LogP contribution >= 0.6 is 24.0 Å². The smallest absolute Gasteiger partial charge is 0.194 e. The molecule has 0 amide bonds. The molecule has 0 unspecified atom stereocenters. The number of halogens is 1. The van der Waals surface area contributed by atoms with Crippen molar-refractivity contribution in [2.45, 2.75) is 45.6 Å². The van der Waals surface area contributed by atoms with E-state index >= 15 is 0 Å². The molecule has 2 N–H and O–H groups in total. The fraction of sp³-hybridized carbons (Fsp3) is 0.667. The van der Waals surface area contributed by atoms with E-state index in [1.165, 1.54) is 32.1 Å². The molecule has 1 spiro atoms. The van der Waals surface area contributed by atoms with Crippen molar-refractivity contribution in [1.29, 1.82) is 0 Å². The van der Waals surface area contributed by atoms with E-state index in [1.807, 2.05) is 18.2 Å². The normalized spacial score (nSPS) is 18.2. The first-order valence-corrected chi connectivity index (χ1v) is 10.1. The molecule has 1 aromatic rings. The monoisotopic (exact) mass is 503 g/mol. The van der Waals surface area contributed by atoms with Gasteiger partial charge in [-0.3, -0.25) is 0 Å². The van der Waals surface area contributed by atoms with Crippen LogP contribution < -0.4 is 14.8 Å². The van der Waals surface area contributed by atoms with Crippen molar-refractivity contribution in [2.24, 2.45) is 10.4 Å². The first-order valence-electron chi connectivity index (χ1n) is 10.1. The third-order valence-electron chi connectivity index (χ3n) is 5.73. The molecule has 1 saturated heterocycles. The van der Waals surface area contributed by atoms with Crippen LogP contribution in [0, 0.1) is 5.41 Å². The van der Waals surface area contributed by atoms with Crippen molar-refractivity contribution in [1.82, 2.24) is 10.2 Å². The lowest BCUT2D eigenvalue weighted by molar-refractivity contribution is 0.196. The second-order valence-electron chi connectivity index (χ2n) is 7.61. The van der Waals surface area contributed by atoms with Crippen LogP contribution in [0.3, 0.4) is 0 Å². The maximum Gasteiger partial charge on any atom is 0.194 e. The highest BCUT2D eigenvalue weighted by Gasteiger charge is 2.41. The number of ether oxygens (including phenoxy) is 2. The number of aliphatic hydroxyl groups excluding tert-OH is 1. The van der Waals surface area contributed by atoms with E-state index in [0.29, 0.717) is 23.5 Å². The van der Waals surface area contributed by atoms with Crippen LogP contribution in [0.2, 0.25) is 0 Å². The van der Waals surface area contributed by atoms with Crippen LogP contribution in [0.15, 0.2) is 23.2 Å². The summed E-state index contributed by atoms with van der Waals surface area (Å²) < 4.78 is 10.9. The van der Waals surface area contributed by atoms with E-state index in [4.69, 9.17) is 19.6 Å². The fourth-order valence-corrected chi connectivity index (χ4v) is 4.33. The number of aliphatic hydroxyl groups is 1. The molecule has 6 nitrogen and oxygen atoms in total. The number of benzene rings is 1. The van der Waals surface area contributed by atoms with Gasteiger partial charge in [0.15, 0.2) is 17.5 Å². The average Bonchev–Trinajstić information content (AvgIpc) is 3.33. The third kappa shape index (κ3) is 5.65. The summed E-state index contributed by atoms with van der Waals surface area (Å²) in [5.41, 5.74) is 1.61. The van der Waals surface area contributed by atoms with E-state index in [-0.39, 0.29) is 37.2 Å². The van der Waals surface area contributed by atoms with Gasteiger partial charge in [0.05, 0.1) is 20.3 Å². The molecule has 7 heteroatoms. The molecular formula is C21H34IN3O3. The Hall–Kier alpha value is -1.22. The quantitative estimate of drug-likeness (QED) is 0.339. The second kappa shape index (κ2) is 11.1.